The number of nitrogens with one attached hydrogen (secondary N) is 2. The van der Waals surface area contributed by atoms with Crippen LogP contribution in [0.4, 0.5) is 10.9 Å². The van der Waals surface area contributed by atoms with Crippen molar-refractivity contribution in [3.8, 4) is 0 Å². The van der Waals surface area contributed by atoms with E-state index in [4.69, 9.17) is 4.98 Å². The van der Waals surface area contributed by atoms with E-state index in [1.54, 1.807) is 11.3 Å². The Morgan fingerprint density at radius 1 is 1.26 bits per heavy atom. The lowest BCUT2D eigenvalue weighted by Gasteiger charge is -2.22. The summed E-state index contributed by atoms with van der Waals surface area (Å²) in [6.07, 6.45) is 5.37. The van der Waals surface area contributed by atoms with Gasteiger partial charge in [0.05, 0.1) is 0 Å². The van der Waals surface area contributed by atoms with Gasteiger partial charge in [-0.2, -0.15) is 0 Å². The van der Waals surface area contributed by atoms with Gasteiger partial charge < -0.3 is 10.6 Å². The fourth-order valence-corrected chi connectivity index (χ4v) is 4.07. The van der Waals surface area contributed by atoms with Crippen molar-refractivity contribution in [3.05, 3.63) is 35.0 Å². The predicted octanol–water partition coefficient (Wildman–Crippen LogP) is 4.34. The Balaban J connectivity index is 1.68. The van der Waals surface area contributed by atoms with Crippen molar-refractivity contribution in [2.24, 2.45) is 5.41 Å². The normalized spacial score (nSPS) is 16.5. The Bertz CT molecular complexity index is 638. The maximum absolute atomic E-state index is 4.80. The molecule has 1 aliphatic rings. The predicted molar refractivity (Wildman–Crippen MR) is 97.6 cm³/mol. The quantitative estimate of drug-likeness (QED) is 0.875. The molecule has 1 aliphatic heterocycles. The van der Waals surface area contributed by atoms with Crippen LogP contribution in [0.3, 0.4) is 0 Å². The van der Waals surface area contributed by atoms with Crippen molar-refractivity contribution in [3.63, 3.8) is 0 Å². The van der Waals surface area contributed by atoms with Gasteiger partial charge in [-0.3, -0.25) is 0 Å². The molecule has 0 aromatic carbocycles. The van der Waals surface area contributed by atoms with E-state index in [9.17, 15) is 0 Å². The summed E-state index contributed by atoms with van der Waals surface area (Å²) in [6, 6.07) is 6.26. The average Bonchev–Trinajstić information content (AvgIpc) is 2.93. The zero-order valence-electron chi connectivity index (χ0n) is 14.2. The van der Waals surface area contributed by atoms with Crippen molar-refractivity contribution in [2.45, 2.75) is 46.0 Å². The molecule has 0 spiro atoms. The number of pyridine rings is 1. The summed E-state index contributed by atoms with van der Waals surface area (Å²) in [7, 11) is 0. The summed E-state index contributed by atoms with van der Waals surface area (Å²) < 4.78 is 0. The van der Waals surface area contributed by atoms with Crippen LogP contribution in [-0.2, 0) is 6.42 Å². The highest BCUT2D eigenvalue weighted by Crippen LogP contribution is 2.29. The highest BCUT2D eigenvalue weighted by atomic mass is 32.1. The van der Waals surface area contributed by atoms with Crippen LogP contribution in [-0.4, -0.2) is 23.1 Å². The van der Waals surface area contributed by atoms with Crippen LogP contribution in [0.5, 0.6) is 0 Å². The van der Waals surface area contributed by atoms with Crippen LogP contribution in [0.25, 0.3) is 0 Å². The zero-order valence-corrected chi connectivity index (χ0v) is 15.0. The Hall–Kier alpha value is -1.46. The fourth-order valence-electron chi connectivity index (χ4n) is 2.95. The second-order valence-corrected chi connectivity index (χ2v) is 8.58. The Morgan fingerprint density at radius 3 is 2.78 bits per heavy atom. The van der Waals surface area contributed by atoms with Crippen molar-refractivity contribution < 1.29 is 0 Å². The number of piperidine rings is 1. The minimum Gasteiger partial charge on any atom is -0.317 e. The SMILES string of the molecule is CC(C)(C)Cc1cnc(Nc2cccc(C3CCNCC3)n2)s1. The molecule has 0 unspecified atom stereocenters. The van der Waals surface area contributed by atoms with Crippen LogP contribution in [0, 0.1) is 5.41 Å². The average molecular weight is 331 g/mol. The van der Waals surface area contributed by atoms with Gasteiger partial charge in [0.1, 0.15) is 5.82 Å². The van der Waals surface area contributed by atoms with Gasteiger partial charge in [-0.25, -0.2) is 9.97 Å². The maximum Gasteiger partial charge on any atom is 0.188 e. The van der Waals surface area contributed by atoms with Crippen LogP contribution in [0.15, 0.2) is 24.4 Å². The minimum atomic E-state index is 0.289. The second-order valence-electron chi connectivity index (χ2n) is 7.47. The van der Waals surface area contributed by atoms with Crippen molar-refractivity contribution in [2.75, 3.05) is 18.4 Å². The lowest BCUT2D eigenvalue weighted by atomic mass is 9.92. The van der Waals surface area contributed by atoms with E-state index in [0.717, 1.165) is 30.5 Å². The van der Waals surface area contributed by atoms with Crippen LogP contribution < -0.4 is 10.6 Å². The lowest BCUT2D eigenvalue weighted by molar-refractivity contribution is 0.414. The lowest BCUT2D eigenvalue weighted by Crippen LogP contribution is -2.27. The first-order valence-electron chi connectivity index (χ1n) is 8.39. The summed E-state index contributed by atoms with van der Waals surface area (Å²) in [5.74, 6) is 1.48. The molecule has 0 aliphatic carbocycles. The van der Waals surface area contributed by atoms with Gasteiger partial charge in [0.15, 0.2) is 5.13 Å². The molecule has 2 N–H and O–H groups in total. The Kier molecular flexibility index (Phi) is 4.97. The summed E-state index contributed by atoms with van der Waals surface area (Å²) in [6.45, 7) is 8.94. The highest BCUT2D eigenvalue weighted by molar-refractivity contribution is 7.15. The van der Waals surface area contributed by atoms with E-state index in [1.807, 2.05) is 12.3 Å². The zero-order chi connectivity index (χ0) is 16.3. The molecule has 2 aromatic heterocycles. The molecule has 3 rings (SSSR count). The number of nitrogens with zero attached hydrogens (tertiary/aromatic N) is 2. The Morgan fingerprint density at radius 2 is 2.04 bits per heavy atom. The molecule has 2 aromatic rings. The summed E-state index contributed by atoms with van der Waals surface area (Å²) >= 11 is 1.72. The largest absolute Gasteiger partial charge is 0.317 e. The van der Waals surface area contributed by atoms with Crippen LogP contribution in [0.1, 0.15) is 50.1 Å². The van der Waals surface area contributed by atoms with Gasteiger partial charge in [-0.05, 0) is 49.9 Å². The molecule has 5 heteroatoms. The van der Waals surface area contributed by atoms with Crippen LogP contribution >= 0.6 is 11.3 Å². The summed E-state index contributed by atoms with van der Waals surface area (Å²) in [4.78, 5) is 10.6. The second kappa shape index (κ2) is 6.97. The monoisotopic (exact) mass is 330 g/mol. The summed E-state index contributed by atoms with van der Waals surface area (Å²) in [5.41, 5.74) is 1.49. The number of hydrogen-bond acceptors (Lipinski definition) is 5. The summed E-state index contributed by atoms with van der Waals surface area (Å²) in [5, 5.41) is 7.71. The molecule has 1 fully saturated rings. The van der Waals surface area contributed by atoms with Crippen molar-refractivity contribution in [1.82, 2.24) is 15.3 Å². The number of thiazole rings is 1. The molecule has 4 nitrogen and oxygen atoms in total. The van der Waals surface area contributed by atoms with Crippen LogP contribution in [0.2, 0.25) is 0 Å². The number of hydrogen-bond donors (Lipinski definition) is 2. The van der Waals surface area contributed by atoms with Crippen molar-refractivity contribution in [1.29, 1.82) is 0 Å². The fraction of sp³-hybridized carbons (Fsp3) is 0.556. The molecule has 0 amide bonds. The van der Waals surface area contributed by atoms with Gasteiger partial charge in [-0.15, -0.1) is 11.3 Å². The molecular weight excluding hydrogens is 304 g/mol. The van der Waals surface area contributed by atoms with Gasteiger partial charge in [-0.1, -0.05) is 26.8 Å². The molecule has 1 saturated heterocycles. The van der Waals surface area contributed by atoms with Crippen molar-refractivity contribution >= 4 is 22.3 Å². The van der Waals surface area contributed by atoms with E-state index < -0.39 is 0 Å². The topological polar surface area (TPSA) is 49.8 Å². The van der Waals surface area contributed by atoms with E-state index in [0.29, 0.717) is 5.92 Å². The number of anilines is 2. The standard InChI is InChI=1S/C18H26N4S/c1-18(2,3)11-14-12-20-17(23-14)22-16-6-4-5-15(21-16)13-7-9-19-10-8-13/h4-6,12-13,19H,7-11H2,1-3H3,(H,20,21,22). The smallest absolute Gasteiger partial charge is 0.188 e. The first-order valence-corrected chi connectivity index (χ1v) is 9.21. The molecule has 3 heterocycles. The maximum atomic E-state index is 4.80. The van der Waals surface area contributed by atoms with E-state index in [1.165, 1.54) is 23.4 Å². The third-order valence-corrected chi connectivity index (χ3v) is 4.93. The molecule has 0 bridgehead atoms. The highest BCUT2D eigenvalue weighted by Gasteiger charge is 2.17. The van der Waals surface area contributed by atoms with Gasteiger partial charge in [0, 0.05) is 22.7 Å². The third kappa shape index (κ3) is 4.75. The molecule has 0 radical (unpaired) electrons. The Labute approximate surface area is 142 Å². The molecule has 23 heavy (non-hydrogen) atoms. The first kappa shape index (κ1) is 16.4. The van der Waals surface area contributed by atoms with E-state index in [2.05, 4.69) is 48.5 Å². The first-order chi connectivity index (χ1) is 11.0. The molecule has 0 atom stereocenters. The van der Waals surface area contributed by atoms with E-state index >= 15 is 0 Å². The molecule has 0 saturated carbocycles. The molecule has 124 valence electrons. The minimum absolute atomic E-state index is 0.289. The third-order valence-electron chi connectivity index (χ3n) is 4.02. The van der Waals surface area contributed by atoms with Gasteiger partial charge >= 0.3 is 0 Å². The van der Waals surface area contributed by atoms with Gasteiger partial charge in [0.25, 0.3) is 0 Å². The number of rotatable bonds is 4. The van der Waals surface area contributed by atoms with E-state index in [-0.39, 0.29) is 5.41 Å². The van der Waals surface area contributed by atoms with Gasteiger partial charge in [0.2, 0.25) is 0 Å². The number of aromatic nitrogens is 2. The molecular formula is C18H26N4S.